The topological polar surface area (TPSA) is 38.3 Å². The van der Waals surface area contributed by atoms with Gasteiger partial charge in [-0.05, 0) is 69.4 Å². The number of nitrogens with one attached hydrogen (secondary N) is 1. The zero-order valence-electron chi connectivity index (χ0n) is 21.8. The molecule has 3 aromatic rings. The number of quaternary nitrogens is 1. The predicted octanol–water partition coefficient (Wildman–Crippen LogP) is 3.27. The lowest BCUT2D eigenvalue weighted by Gasteiger charge is -2.37. The fraction of sp³-hybridized carbons (Fsp3) is 0.387. The molecule has 0 atom stereocenters. The van der Waals surface area contributed by atoms with Crippen LogP contribution in [0.25, 0.3) is 0 Å². The van der Waals surface area contributed by atoms with Gasteiger partial charge in [0.25, 0.3) is 5.91 Å². The Labute approximate surface area is 223 Å². The van der Waals surface area contributed by atoms with E-state index < -0.39 is 0 Å². The summed E-state index contributed by atoms with van der Waals surface area (Å²) in [5.41, 5.74) is 3.41. The molecule has 3 aromatic carbocycles. The van der Waals surface area contributed by atoms with Gasteiger partial charge in [0.1, 0.15) is 12.3 Å². The van der Waals surface area contributed by atoms with Crippen LogP contribution in [0, 0.1) is 0 Å². The number of aryl methyl sites for hydroxylation is 1. The van der Waals surface area contributed by atoms with Gasteiger partial charge >= 0.3 is 0 Å². The quantitative estimate of drug-likeness (QED) is 0.253. The van der Waals surface area contributed by atoms with Crippen molar-refractivity contribution in [1.82, 2.24) is 5.32 Å². The fourth-order valence-corrected chi connectivity index (χ4v) is 4.47. The van der Waals surface area contributed by atoms with Gasteiger partial charge in [-0.2, -0.15) is 0 Å². The number of carbonyl (C=O) groups is 1. The van der Waals surface area contributed by atoms with Crippen molar-refractivity contribution < 1.29 is 26.4 Å². The minimum atomic E-state index is -0.0255. The van der Waals surface area contributed by atoms with Gasteiger partial charge in [-0.15, -0.1) is 0 Å². The molecular formula is C31H41ClN2O2. The van der Waals surface area contributed by atoms with Crippen LogP contribution in [0.1, 0.15) is 54.6 Å². The average Bonchev–Trinajstić information content (AvgIpc) is 2.91. The second-order valence-corrected chi connectivity index (χ2v) is 9.27. The number of hydrogen-bond acceptors (Lipinski definition) is 2. The molecule has 194 valence electrons. The molecule has 0 aliphatic heterocycles. The van der Waals surface area contributed by atoms with Gasteiger partial charge in [0.05, 0.1) is 32.8 Å². The lowest BCUT2D eigenvalue weighted by Crippen LogP contribution is -3.00. The summed E-state index contributed by atoms with van der Waals surface area (Å²) in [6.45, 7) is 9.82. The maximum absolute atomic E-state index is 12.7. The Morgan fingerprint density at radius 3 is 2.00 bits per heavy atom. The first kappa shape index (κ1) is 29.4. The molecule has 0 unspecified atom stereocenters. The second kappa shape index (κ2) is 16.0. The molecule has 0 aromatic heterocycles. The summed E-state index contributed by atoms with van der Waals surface area (Å²) in [7, 11) is 0. The first-order valence-electron chi connectivity index (χ1n) is 13.1. The third-order valence-electron chi connectivity index (χ3n) is 6.91. The van der Waals surface area contributed by atoms with Crippen molar-refractivity contribution in [2.45, 2.75) is 46.1 Å². The standard InChI is InChI=1S/C31H40N2O2.ClH/c1-3-33(4-2,26-28-17-10-6-11-18-28)24-23-32-31(34)29-19-21-30(22-20-29)35-25-13-7-12-16-27-14-8-5-9-15-27;/h5-6,8-11,14-15,17-22H,3-4,7,12-13,16,23-26H2,1-2H3;1H. The zero-order chi connectivity index (χ0) is 24.8. The molecule has 4 nitrogen and oxygen atoms in total. The van der Waals surface area contributed by atoms with Gasteiger partial charge in [-0.3, -0.25) is 4.79 Å². The van der Waals surface area contributed by atoms with Gasteiger partial charge in [0.15, 0.2) is 0 Å². The Morgan fingerprint density at radius 1 is 0.778 bits per heavy atom. The summed E-state index contributed by atoms with van der Waals surface area (Å²) < 4.78 is 6.83. The first-order valence-corrected chi connectivity index (χ1v) is 13.1. The number of hydrogen-bond donors (Lipinski definition) is 1. The molecule has 1 N–H and O–H groups in total. The van der Waals surface area contributed by atoms with Crippen LogP contribution in [0.5, 0.6) is 5.75 Å². The van der Waals surface area contributed by atoms with Crippen LogP contribution < -0.4 is 22.5 Å². The molecule has 5 heteroatoms. The Morgan fingerprint density at radius 2 is 1.39 bits per heavy atom. The maximum Gasteiger partial charge on any atom is 0.251 e. The second-order valence-electron chi connectivity index (χ2n) is 9.27. The van der Waals surface area contributed by atoms with E-state index in [1.54, 1.807) is 0 Å². The van der Waals surface area contributed by atoms with Crippen LogP contribution in [-0.4, -0.2) is 43.2 Å². The molecule has 1 amide bonds. The Balaban J connectivity index is 0.00000456. The van der Waals surface area contributed by atoms with E-state index in [1.807, 2.05) is 24.3 Å². The summed E-state index contributed by atoms with van der Waals surface area (Å²) >= 11 is 0. The number of likely N-dealkylation sites (N-methyl/N-ethyl adjacent to an activating group) is 1. The number of rotatable bonds is 15. The first-order chi connectivity index (χ1) is 17.1. The lowest BCUT2D eigenvalue weighted by molar-refractivity contribution is -0.936. The molecular weight excluding hydrogens is 468 g/mol. The largest absolute Gasteiger partial charge is 1.00 e. The van der Waals surface area contributed by atoms with Crippen molar-refractivity contribution in [1.29, 1.82) is 0 Å². The van der Waals surface area contributed by atoms with Crippen molar-refractivity contribution in [2.75, 3.05) is 32.8 Å². The van der Waals surface area contributed by atoms with Crippen molar-refractivity contribution in [3.8, 4) is 5.75 Å². The van der Waals surface area contributed by atoms with E-state index in [-0.39, 0.29) is 18.3 Å². The van der Waals surface area contributed by atoms with Crippen LogP contribution in [0.15, 0.2) is 84.9 Å². The molecule has 0 spiro atoms. The smallest absolute Gasteiger partial charge is 0.251 e. The monoisotopic (exact) mass is 508 g/mol. The maximum atomic E-state index is 12.7. The minimum Gasteiger partial charge on any atom is -1.00 e. The van der Waals surface area contributed by atoms with E-state index in [1.165, 1.54) is 17.5 Å². The highest BCUT2D eigenvalue weighted by Crippen LogP contribution is 2.15. The van der Waals surface area contributed by atoms with Crippen LogP contribution in [0.4, 0.5) is 0 Å². The van der Waals surface area contributed by atoms with Crippen molar-refractivity contribution >= 4 is 5.91 Å². The van der Waals surface area contributed by atoms with E-state index in [0.29, 0.717) is 18.7 Å². The summed E-state index contributed by atoms with van der Waals surface area (Å²) in [5.74, 6) is 0.794. The summed E-state index contributed by atoms with van der Waals surface area (Å²) in [5, 5.41) is 3.11. The third kappa shape index (κ3) is 9.67. The number of amides is 1. The molecule has 0 radical (unpaired) electrons. The highest BCUT2D eigenvalue weighted by atomic mass is 35.5. The Hall–Kier alpha value is -2.82. The number of ether oxygens (including phenoxy) is 1. The number of nitrogens with zero attached hydrogens (tertiary/aromatic N) is 1. The molecule has 0 saturated heterocycles. The van der Waals surface area contributed by atoms with E-state index in [9.17, 15) is 4.79 Å². The van der Waals surface area contributed by atoms with Crippen LogP contribution in [0.2, 0.25) is 0 Å². The van der Waals surface area contributed by atoms with E-state index in [2.05, 4.69) is 79.8 Å². The van der Waals surface area contributed by atoms with Crippen molar-refractivity contribution in [2.24, 2.45) is 0 Å². The molecule has 3 rings (SSSR count). The molecule has 36 heavy (non-hydrogen) atoms. The molecule has 0 bridgehead atoms. The van der Waals surface area contributed by atoms with Crippen molar-refractivity contribution in [3.63, 3.8) is 0 Å². The summed E-state index contributed by atoms with van der Waals surface area (Å²) in [6, 6.07) is 28.7. The SMILES string of the molecule is CC[N+](CC)(CCNC(=O)c1ccc(OCCCCCc2ccccc2)cc1)Cc1ccccc1.[Cl-]. The van der Waals surface area contributed by atoms with Gasteiger partial charge in [0, 0.05) is 11.1 Å². The minimum absolute atomic E-state index is 0. The number of benzene rings is 3. The van der Waals surface area contributed by atoms with Gasteiger partial charge in [-0.25, -0.2) is 0 Å². The molecule has 0 fully saturated rings. The van der Waals surface area contributed by atoms with Crippen LogP contribution in [-0.2, 0) is 13.0 Å². The predicted molar refractivity (Wildman–Crippen MR) is 145 cm³/mol. The highest BCUT2D eigenvalue weighted by Gasteiger charge is 2.23. The number of unbranched alkanes of at least 4 members (excludes halogenated alkanes) is 2. The van der Waals surface area contributed by atoms with Crippen LogP contribution in [0.3, 0.4) is 0 Å². The van der Waals surface area contributed by atoms with Gasteiger partial charge in [-0.1, -0.05) is 60.7 Å². The Bertz CT molecular complexity index is 990. The Kier molecular flexibility index (Phi) is 13.1. The van der Waals surface area contributed by atoms with E-state index in [4.69, 9.17) is 4.74 Å². The molecule has 0 aliphatic carbocycles. The van der Waals surface area contributed by atoms with Crippen LogP contribution >= 0.6 is 0 Å². The number of halogens is 1. The summed E-state index contributed by atoms with van der Waals surface area (Å²) in [6.07, 6.45) is 4.48. The fourth-order valence-electron chi connectivity index (χ4n) is 4.47. The number of carbonyl (C=O) groups excluding carboxylic acids is 1. The van der Waals surface area contributed by atoms with Gasteiger partial charge in [0.2, 0.25) is 0 Å². The zero-order valence-corrected chi connectivity index (χ0v) is 22.6. The third-order valence-corrected chi connectivity index (χ3v) is 6.91. The highest BCUT2D eigenvalue weighted by molar-refractivity contribution is 5.94. The summed E-state index contributed by atoms with van der Waals surface area (Å²) in [4.78, 5) is 12.7. The molecule has 0 saturated carbocycles. The van der Waals surface area contributed by atoms with E-state index >= 15 is 0 Å². The molecule has 0 aliphatic rings. The van der Waals surface area contributed by atoms with E-state index in [0.717, 1.165) is 55.7 Å². The average molecular weight is 509 g/mol. The van der Waals surface area contributed by atoms with Crippen molar-refractivity contribution in [3.05, 3.63) is 102 Å². The normalized spacial score (nSPS) is 10.9. The molecule has 0 heterocycles. The lowest BCUT2D eigenvalue weighted by atomic mass is 10.1. The van der Waals surface area contributed by atoms with Gasteiger partial charge < -0.3 is 26.9 Å².